The van der Waals surface area contributed by atoms with Crippen molar-refractivity contribution >= 4 is 15.9 Å². The average Bonchev–Trinajstić information content (AvgIpc) is 2.56. The van der Waals surface area contributed by atoms with E-state index in [1.165, 1.54) is 36.8 Å². The highest BCUT2D eigenvalue weighted by Crippen LogP contribution is 2.33. The standard InChI is InChI=1S/C13H17Br/c1-10-5-7-11(8-6-10)9-12-3-2-4-13(12)14/h5-8,12-13H,2-4,9H2,1H3. The lowest BCUT2D eigenvalue weighted by atomic mass is 9.97. The first-order valence-corrected chi connectivity index (χ1v) is 6.37. The van der Waals surface area contributed by atoms with Gasteiger partial charge in [0.05, 0.1) is 0 Å². The molecule has 0 saturated heterocycles. The van der Waals surface area contributed by atoms with Crippen molar-refractivity contribution in [2.24, 2.45) is 5.92 Å². The van der Waals surface area contributed by atoms with E-state index in [9.17, 15) is 0 Å². The van der Waals surface area contributed by atoms with Gasteiger partial charge >= 0.3 is 0 Å². The molecule has 2 unspecified atom stereocenters. The van der Waals surface area contributed by atoms with E-state index in [1.54, 1.807) is 0 Å². The van der Waals surface area contributed by atoms with Gasteiger partial charge in [-0.05, 0) is 37.7 Å². The topological polar surface area (TPSA) is 0 Å². The minimum absolute atomic E-state index is 0.754. The Bertz CT molecular complexity index is 289. The van der Waals surface area contributed by atoms with Gasteiger partial charge in [-0.1, -0.05) is 52.2 Å². The number of alkyl halides is 1. The van der Waals surface area contributed by atoms with Crippen molar-refractivity contribution in [1.29, 1.82) is 0 Å². The van der Waals surface area contributed by atoms with Crippen molar-refractivity contribution in [2.45, 2.75) is 37.4 Å². The molecule has 1 heteroatoms. The highest BCUT2D eigenvalue weighted by Gasteiger charge is 2.24. The van der Waals surface area contributed by atoms with Crippen molar-refractivity contribution in [3.63, 3.8) is 0 Å². The number of halogens is 1. The van der Waals surface area contributed by atoms with Gasteiger partial charge < -0.3 is 0 Å². The summed E-state index contributed by atoms with van der Waals surface area (Å²) in [4.78, 5) is 0.754. The molecule has 1 fully saturated rings. The molecule has 2 atom stereocenters. The zero-order valence-corrected chi connectivity index (χ0v) is 10.3. The van der Waals surface area contributed by atoms with E-state index in [1.807, 2.05) is 0 Å². The minimum Gasteiger partial charge on any atom is -0.0888 e. The van der Waals surface area contributed by atoms with Crippen LogP contribution in [0.3, 0.4) is 0 Å². The molecule has 1 aliphatic carbocycles. The third-order valence-corrected chi connectivity index (χ3v) is 4.39. The molecule has 0 radical (unpaired) electrons. The zero-order chi connectivity index (χ0) is 9.97. The van der Waals surface area contributed by atoms with Crippen LogP contribution in [0.4, 0.5) is 0 Å². The fraction of sp³-hybridized carbons (Fsp3) is 0.538. The molecule has 1 aromatic rings. The summed E-state index contributed by atoms with van der Waals surface area (Å²) in [7, 11) is 0. The first-order valence-electron chi connectivity index (χ1n) is 5.45. The Kier molecular flexibility index (Phi) is 3.27. The van der Waals surface area contributed by atoms with Crippen LogP contribution in [0.1, 0.15) is 30.4 Å². The molecule has 0 N–H and O–H groups in total. The molecule has 1 aromatic carbocycles. The quantitative estimate of drug-likeness (QED) is 0.696. The van der Waals surface area contributed by atoms with E-state index in [-0.39, 0.29) is 0 Å². The molecule has 0 aromatic heterocycles. The SMILES string of the molecule is Cc1ccc(CC2CCCC2Br)cc1. The summed E-state index contributed by atoms with van der Waals surface area (Å²) in [6.07, 6.45) is 5.39. The molecule has 1 saturated carbocycles. The fourth-order valence-corrected chi connectivity index (χ4v) is 3.02. The second-order valence-corrected chi connectivity index (χ2v) is 5.57. The first-order chi connectivity index (χ1) is 6.75. The number of aryl methyl sites for hydroxylation is 1. The maximum absolute atomic E-state index is 3.78. The Morgan fingerprint density at radius 1 is 1.21 bits per heavy atom. The molecule has 0 nitrogen and oxygen atoms in total. The lowest BCUT2D eigenvalue weighted by Gasteiger charge is -2.13. The molecular weight excluding hydrogens is 236 g/mol. The van der Waals surface area contributed by atoms with Crippen molar-refractivity contribution in [2.75, 3.05) is 0 Å². The summed E-state index contributed by atoms with van der Waals surface area (Å²) in [6, 6.07) is 8.97. The van der Waals surface area contributed by atoms with Crippen LogP contribution in [-0.4, -0.2) is 4.83 Å². The van der Waals surface area contributed by atoms with Crippen LogP contribution in [-0.2, 0) is 6.42 Å². The van der Waals surface area contributed by atoms with Crippen molar-refractivity contribution in [3.8, 4) is 0 Å². The highest BCUT2D eigenvalue weighted by molar-refractivity contribution is 9.09. The highest BCUT2D eigenvalue weighted by atomic mass is 79.9. The van der Waals surface area contributed by atoms with Gasteiger partial charge in [-0.15, -0.1) is 0 Å². The number of hydrogen-bond donors (Lipinski definition) is 0. The Balaban J connectivity index is 2.00. The van der Waals surface area contributed by atoms with Crippen LogP contribution in [0.5, 0.6) is 0 Å². The third kappa shape index (κ3) is 2.38. The largest absolute Gasteiger partial charge is 0.0888 e. The molecule has 0 aliphatic heterocycles. The molecule has 0 amide bonds. The van der Waals surface area contributed by atoms with Gasteiger partial charge in [-0.3, -0.25) is 0 Å². The summed E-state index contributed by atoms with van der Waals surface area (Å²) in [5.41, 5.74) is 2.85. The lowest BCUT2D eigenvalue weighted by molar-refractivity contribution is 0.562. The smallest absolute Gasteiger partial charge is 0.0177 e. The van der Waals surface area contributed by atoms with Crippen molar-refractivity contribution in [1.82, 2.24) is 0 Å². The van der Waals surface area contributed by atoms with Crippen LogP contribution >= 0.6 is 15.9 Å². The maximum Gasteiger partial charge on any atom is 0.0177 e. The van der Waals surface area contributed by atoms with Gasteiger partial charge in [-0.2, -0.15) is 0 Å². The predicted molar refractivity (Wildman–Crippen MR) is 64.9 cm³/mol. The summed E-state index contributed by atoms with van der Waals surface area (Å²) >= 11 is 3.78. The van der Waals surface area contributed by atoms with Crippen LogP contribution in [0, 0.1) is 12.8 Å². The molecule has 1 aliphatic rings. The van der Waals surface area contributed by atoms with Crippen molar-refractivity contribution in [3.05, 3.63) is 35.4 Å². The van der Waals surface area contributed by atoms with Crippen LogP contribution in [0.15, 0.2) is 24.3 Å². The summed E-state index contributed by atoms with van der Waals surface area (Å²) in [5, 5.41) is 0. The van der Waals surface area contributed by atoms with Crippen LogP contribution in [0.2, 0.25) is 0 Å². The second-order valence-electron chi connectivity index (χ2n) is 4.40. The van der Waals surface area contributed by atoms with E-state index in [0.29, 0.717) is 0 Å². The number of benzene rings is 1. The Hall–Kier alpha value is -0.300. The normalized spacial score (nSPS) is 26.7. The Morgan fingerprint density at radius 2 is 1.93 bits per heavy atom. The molecule has 14 heavy (non-hydrogen) atoms. The van der Waals surface area contributed by atoms with Gasteiger partial charge in [0.15, 0.2) is 0 Å². The van der Waals surface area contributed by atoms with E-state index >= 15 is 0 Å². The Labute approximate surface area is 94.8 Å². The minimum atomic E-state index is 0.754. The average molecular weight is 253 g/mol. The number of hydrogen-bond acceptors (Lipinski definition) is 0. The van der Waals surface area contributed by atoms with E-state index in [2.05, 4.69) is 47.1 Å². The first kappa shape index (κ1) is 10.2. The van der Waals surface area contributed by atoms with E-state index in [0.717, 1.165) is 10.7 Å². The Morgan fingerprint density at radius 3 is 2.50 bits per heavy atom. The van der Waals surface area contributed by atoms with Gasteiger partial charge in [0, 0.05) is 4.83 Å². The van der Waals surface area contributed by atoms with Gasteiger partial charge in [-0.25, -0.2) is 0 Å². The molecule has 2 rings (SSSR count). The second kappa shape index (κ2) is 4.48. The van der Waals surface area contributed by atoms with Gasteiger partial charge in [0.2, 0.25) is 0 Å². The lowest BCUT2D eigenvalue weighted by Crippen LogP contribution is -2.09. The van der Waals surface area contributed by atoms with Gasteiger partial charge in [0.1, 0.15) is 0 Å². The molecule has 0 spiro atoms. The maximum atomic E-state index is 3.78. The summed E-state index contributed by atoms with van der Waals surface area (Å²) < 4.78 is 0. The van der Waals surface area contributed by atoms with Gasteiger partial charge in [0.25, 0.3) is 0 Å². The molecule has 0 bridgehead atoms. The summed E-state index contributed by atoms with van der Waals surface area (Å²) in [5.74, 6) is 0.859. The summed E-state index contributed by atoms with van der Waals surface area (Å²) in [6.45, 7) is 2.15. The monoisotopic (exact) mass is 252 g/mol. The molecular formula is C13H17Br. The van der Waals surface area contributed by atoms with Crippen LogP contribution in [0.25, 0.3) is 0 Å². The van der Waals surface area contributed by atoms with E-state index < -0.39 is 0 Å². The fourth-order valence-electron chi connectivity index (χ4n) is 2.25. The van der Waals surface area contributed by atoms with Crippen molar-refractivity contribution < 1.29 is 0 Å². The molecule has 0 heterocycles. The number of rotatable bonds is 2. The van der Waals surface area contributed by atoms with E-state index in [4.69, 9.17) is 0 Å². The third-order valence-electron chi connectivity index (χ3n) is 3.18. The zero-order valence-electron chi connectivity index (χ0n) is 8.67. The predicted octanol–water partition coefficient (Wildman–Crippen LogP) is 4.10. The van der Waals surface area contributed by atoms with Crippen LogP contribution < -0.4 is 0 Å². The molecule has 76 valence electrons.